The Balaban J connectivity index is 2.01. The zero-order valence-electron chi connectivity index (χ0n) is 10.5. The van der Waals surface area contributed by atoms with Crippen LogP contribution < -0.4 is 0 Å². The molecule has 2 unspecified atom stereocenters. The molecule has 88 valence electrons. The van der Waals surface area contributed by atoms with Crippen LogP contribution in [0.1, 0.15) is 45.1 Å². The zero-order valence-corrected chi connectivity index (χ0v) is 10.5. The molecule has 2 heteroatoms. The van der Waals surface area contributed by atoms with Gasteiger partial charge < -0.3 is 4.42 Å². The molecule has 0 N–H and O–H groups in total. The number of furan rings is 1. The van der Waals surface area contributed by atoms with Gasteiger partial charge in [-0.1, -0.05) is 13.8 Å². The van der Waals surface area contributed by atoms with Gasteiger partial charge in [-0.2, -0.15) is 0 Å². The summed E-state index contributed by atoms with van der Waals surface area (Å²) in [6.45, 7) is 8.06. The van der Waals surface area contributed by atoms with Gasteiger partial charge in [0.25, 0.3) is 0 Å². The Labute approximate surface area is 97.0 Å². The first-order chi connectivity index (χ1) is 7.40. The molecule has 1 aliphatic carbocycles. The molecule has 2 nitrogen and oxygen atoms in total. The van der Waals surface area contributed by atoms with Gasteiger partial charge in [0.05, 0.1) is 0 Å². The van der Waals surface area contributed by atoms with Crippen LogP contribution in [0.4, 0.5) is 0 Å². The van der Waals surface area contributed by atoms with Gasteiger partial charge in [-0.05, 0) is 44.7 Å². The highest BCUT2D eigenvalue weighted by Gasteiger charge is 2.44. The third-order valence-corrected chi connectivity index (χ3v) is 3.62. The molecule has 0 saturated heterocycles. The van der Waals surface area contributed by atoms with Crippen molar-refractivity contribution in [1.29, 1.82) is 0 Å². The van der Waals surface area contributed by atoms with Crippen LogP contribution >= 0.6 is 0 Å². The number of ketones is 1. The molecule has 16 heavy (non-hydrogen) atoms. The Morgan fingerprint density at radius 2 is 2.19 bits per heavy atom. The minimum Gasteiger partial charge on any atom is -0.466 e. The highest BCUT2D eigenvalue weighted by Crippen LogP contribution is 2.47. The third kappa shape index (κ3) is 2.21. The van der Waals surface area contributed by atoms with Gasteiger partial charge in [0.15, 0.2) is 0 Å². The average Bonchev–Trinajstić information content (AvgIpc) is 2.77. The second kappa shape index (κ2) is 3.76. The van der Waals surface area contributed by atoms with Crippen LogP contribution in [0.15, 0.2) is 16.5 Å². The maximum absolute atomic E-state index is 11.2. The monoisotopic (exact) mass is 220 g/mol. The zero-order chi connectivity index (χ0) is 11.9. The highest BCUT2D eigenvalue weighted by molar-refractivity contribution is 5.81. The molecule has 0 aromatic carbocycles. The predicted octanol–water partition coefficient (Wildman–Crippen LogP) is 3.48. The van der Waals surface area contributed by atoms with Crippen LogP contribution in [0.2, 0.25) is 0 Å². The summed E-state index contributed by atoms with van der Waals surface area (Å²) in [5.41, 5.74) is 0.0448. The molecule has 0 aliphatic heterocycles. The van der Waals surface area contributed by atoms with Crippen LogP contribution in [0.25, 0.3) is 0 Å². The van der Waals surface area contributed by atoms with Gasteiger partial charge in [-0.15, -0.1) is 0 Å². The summed E-state index contributed by atoms with van der Waals surface area (Å²) in [4.78, 5) is 11.2. The summed E-state index contributed by atoms with van der Waals surface area (Å²) in [5, 5.41) is 0. The number of hydrogen-bond donors (Lipinski definition) is 0. The lowest BCUT2D eigenvalue weighted by Gasteiger charge is -2.22. The van der Waals surface area contributed by atoms with Crippen LogP contribution in [0.3, 0.4) is 0 Å². The molecule has 1 aromatic rings. The Bertz CT molecular complexity index is 401. The summed E-state index contributed by atoms with van der Waals surface area (Å²) in [6, 6.07) is 4.06. The topological polar surface area (TPSA) is 30.2 Å². The van der Waals surface area contributed by atoms with Crippen molar-refractivity contribution in [1.82, 2.24) is 0 Å². The molecule has 0 amide bonds. The summed E-state index contributed by atoms with van der Waals surface area (Å²) < 4.78 is 5.69. The Kier molecular flexibility index (Phi) is 2.69. The predicted molar refractivity (Wildman–Crippen MR) is 63.4 cm³/mol. The largest absolute Gasteiger partial charge is 0.466 e. The van der Waals surface area contributed by atoms with E-state index in [-0.39, 0.29) is 5.41 Å². The molecular weight excluding hydrogens is 200 g/mol. The Hall–Kier alpha value is -1.05. The van der Waals surface area contributed by atoms with E-state index in [0.717, 1.165) is 24.4 Å². The van der Waals surface area contributed by atoms with E-state index in [1.165, 1.54) is 0 Å². The van der Waals surface area contributed by atoms with Gasteiger partial charge in [0.1, 0.15) is 17.3 Å². The van der Waals surface area contributed by atoms with Crippen molar-refractivity contribution in [3.05, 3.63) is 23.7 Å². The van der Waals surface area contributed by atoms with Gasteiger partial charge >= 0.3 is 0 Å². The number of hydrogen-bond acceptors (Lipinski definition) is 2. The minimum absolute atomic E-state index is 0.0448. The molecular formula is C14H20O2. The Morgan fingerprint density at radius 1 is 1.50 bits per heavy atom. The van der Waals surface area contributed by atoms with Crippen LogP contribution in [0.5, 0.6) is 0 Å². The second-order valence-electron chi connectivity index (χ2n) is 5.71. The maximum atomic E-state index is 11.2. The summed E-state index contributed by atoms with van der Waals surface area (Å²) in [7, 11) is 0. The molecule has 2 atom stereocenters. The molecule has 2 rings (SSSR count). The SMILES string of the molecule is CC(=O)C1CC1CC(C)(C)c1ccc(C)o1. The van der Waals surface area contributed by atoms with Crippen molar-refractivity contribution in [2.75, 3.05) is 0 Å². The molecule has 1 fully saturated rings. The first kappa shape index (κ1) is 11.4. The van der Waals surface area contributed by atoms with Gasteiger partial charge in [0, 0.05) is 11.3 Å². The summed E-state index contributed by atoms with van der Waals surface area (Å²) in [5.74, 6) is 3.23. The van der Waals surface area contributed by atoms with E-state index in [1.54, 1.807) is 6.92 Å². The third-order valence-electron chi connectivity index (χ3n) is 3.62. The van der Waals surface area contributed by atoms with E-state index < -0.39 is 0 Å². The lowest BCUT2D eigenvalue weighted by atomic mass is 9.84. The Morgan fingerprint density at radius 3 is 2.62 bits per heavy atom. The first-order valence-electron chi connectivity index (χ1n) is 5.97. The standard InChI is InChI=1S/C14H20O2/c1-9-5-6-13(16-9)14(3,4)8-11-7-12(11)10(2)15/h5-6,11-12H,7-8H2,1-4H3. The number of carbonyl (C=O) groups is 1. The van der Waals surface area contributed by atoms with Crippen molar-refractivity contribution >= 4 is 5.78 Å². The minimum atomic E-state index is 0.0448. The van der Waals surface area contributed by atoms with Crippen molar-refractivity contribution in [2.45, 2.75) is 46.0 Å². The lowest BCUT2D eigenvalue weighted by Crippen LogP contribution is -2.18. The summed E-state index contributed by atoms with van der Waals surface area (Å²) in [6.07, 6.45) is 2.11. The molecule has 1 saturated carbocycles. The van der Waals surface area contributed by atoms with Gasteiger partial charge in [0.2, 0.25) is 0 Å². The molecule has 0 radical (unpaired) electrons. The number of rotatable bonds is 4. The molecule has 1 aromatic heterocycles. The number of Topliss-reactive ketones (excluding diaryl/α,β-unsaturated/α-hetero) is 1. The van der Waals surface area contributed by atoms with E-state index in [4.69, 9.17) is 4.42 Å². The van der Waals surface area contributed by atoms with Crippen LogP contribution in [-0.4, -0.2) is 5.78 Å². The quantitative estimate of drug-likeness (QED) is 0.777. The van der Waals surface area contributed by atoms with Gasteiger partial charge in [-0.3, -0.25) is 4.79 Å². The van der Waals surface area contributed by atoms with Crippen molar-refractivity contribution < 1.29 is 9.21 Å². The summed E-state index contributed by atoms with van der Waals surface area (Å²) >= 11 is 0. The normalized spacial score (nSPS) is 24.5. The van der Waals surface area contributed by atoms with Crippen LogP contribution in [-0.2, 0) is 10.2 Å². The fourth-order valence-electron chi connectivity index (χ4n) is 2.53. The fraction of sp³-hybridized carbons (Fsp3) is 0.643. The second-order valence-corrected chi connectivity index (χ2v) is 5.71. The van der Waals surface area contributed by atoms with Crippen LogP contribution in [0, 0.1) is 18.8 Å². The van der Waals surface area contributed by atoms with E-state index in [9.17, 15) is 4.79 Å². The molecule has 0 bridgehead atoms. The number of aryl methyl sites for hydroxylation is 1. The lowest BCUT2D eigenvalue weighted by molar-refractivity contribution is -0.118. The smallest absolute Gasteiger partial charge is 0.133 e. The highest BCUT2D eigenvalue weighted by atomic mass is 16.3. The fourth-order valence-corrected chi connectivity index (χ4v) is 2.53. The first-order valence-corrected chi connectivity index (χ1v) is 5.97. The van der Waals surface area contributed by atoms with E-state index in [2.05, 4.69) is 19.9 Å². The molecule has 1 heterocycles. The van der Waals surface area contributed by atoms with E-state index in [1.807, 2.05) is 13.0 Å². The maximum Gasteiger partial charge on any atom is 0.133 e. The van der Waals surface area contributed by atoms with Crippen molar-refractivity contribution in [3.63, 3.8) is 0 Å². The van der Waals surface area contributed by atoms with E-state index in [0.29, 0.717) is 17.6 Å². The number of carbonyl (C=O) groups excluding carboxylic acids is 1. The van der Waals surface area contributed by atoms with Crippen molar-refractivity contribution in [3.8, 4) is 0 Å². The van der Waals surface area contributed by atoms with E-state index >= 15 is 0 Å². The van der Waals surface area contributed by atoms with Gasteiger partial charge in [-0.25, -0.2) is 0 Å². The molecule has 1 aliphatic rings. The molecule has 0 spiro atoms. The van der Waals surface area contributed by atoms with Crippen molar-refractivity contribution in [2.24, 2.45) is 11.8 Å². The average molecular weight is 220 g/mol.